The van der Waals surface area contributed by atoms with E-state index in [2.05, 4.69) is 57.3 Å². The highest BCUT2D eigenvalue weighted by molar-refractivity contribution is 9.10. The zero-order chi connectivity index (χ0) is 20.0. The zero-order valence-corrected chi connectivity index (χ0v) is 18.4. The van der Waals surface area contributed by atoms with Gasteiger partial charge in [0, 0.05) is 55.4 Å². The fraction of sp³-hybridized carbons (Fsp3) is 0.632. The number of urea groups is 1. The van der Waals surface area contributed by atoms with Gasteiger partial charge in [0.25, 0.3) is 0 Å². The predicted octanol–water partition coefficient (Wildman–Crippen LogP) is 2.86. The van der Waals surface area contributed by atoms with Gasteiger partial charge in [0.2, 0.25) is 0 Å². The van der Waals surface area contributed by atoms with Gasteiger partial charge in [-0.15, -0.1) is 0 Å². The van der Waals surface area contributed by atoms with Crippen LogP contribution in [0.3, 0.4) is 0 Å². The van der Waals surface area contributed by atoms with Crippen molar-refractivity contribution >= 4 is 27.6 Å². The number of rotatable bonds is 7. The van der Waals surface area contributed by atoms with Gasteiger partial charge in [-0.3, -0.25) is 4.90 Å². The number of carbonyl (C=O) groups excluding carboxylic acids is 1. The Bertz CT molecular complexity index is 634. The highest BCUT2D eigenvalue weighted by Crippen LogP contribution is 2.36. The number of carbonyl (C=O) groups is 1. The molecular weight excluding hydrogens is 412 g/mol. The van der Waals surface area contributed by atoms with E-state index < -0.39 is 0 Å². The summed E-state index contributed by atoms with van der Waals surface area (Å²) in [4.78, 5) is 17.2. The van der Waals surface area contributed by atoms with Crippen LogP contribution in [0.1, 0.15) is 13.8 Å². The molecule has 1 aromatic carbocycles. The number of likely N-dealkylation sites (N-methyl/N-ethyl adjacent to an activating group) is 1. The molecular formula is C19H31BrN4O3. The fourth-order valence-corrected chi connectivity index (χ4v) is 3.68. The van der Waals surface area contributed by atoms with E-state index in [4.69, 9.17) is 9.47 Å². The minimum atomic E-state index is -0.234. The van der Waals surface area contributed by atoms with Gasteiger partial charge in [0.15, 0.2) is 11.5 Å². The van der Waals surface area contributed by atoms with Gasteiger partial charge in [0.1, 0.15) is 0 Å². The van der Waals surface area contributed by atoms with Gasteiger partial charge >= 0.3 is 6.03 Å². The van der Waals surface area contributed by atoms with Crippen LogP contribution >= 0.6 is 15.9 Å². The summed E-state index contributed by atoms with van der Waals surface area (Å²) in [7, 11) is 5.29. The summed E-state index contributed by atoms with van der Waals surface area (Å²) in [6.07, 6.45) is 0. The average molecular weight is 443 g/mol. The Balaban J connectivity index is 1.96. The summed E-state index contributed by atoms with van der Waals surface area (Å²) < 4.78 is 11.3. The summed E-state index contributed by atoms with van der Waals surface area (Å²) in [6, 6.07) is 3.60. The van der Waals surface area contributed by atoms with E-state index in [0.29, 0.717) is 35.7 Å². The minimum Gasteiger partial charge on any atom is -0.493 e. The molecule has 2 N–H and O–H groups in total. The van der Waals surface area contributed by atoms with E-state index in [0.717, 1.165) is 30.7 Å². The van der Waals surface area contributed by atoms with E-state index in [9.17, 15) is 4.79 Å². The first-order chi connectivity index (χ1) is 12.8. The van der Waals surface area contributed by atoms with Crippen LogP contribution in [-0.2, 0) is 0 Å². The van der Waals surface area contributed by atoms with Crippen LogP contribution in [0, 0.1) is 5.92 Å². The van der Waals surface area contributed by atoms with Gasteiger partial charge in [0.05, 0.1) is 19.9 Å². The number of hydrogen-bond donors (Lipinski definition) is 2. The van der Waals surface area contributed by atoms with Crippen molar-refractivity contribution in [1.29, 1.82) is 0 Å². The lowest BCUT2D eigenvalue weighted by atomic mass is 10.0. The molecule has 0 aromatic heterocycles. The summed E-state index contributed by atoms with van der Waals surface area (Å²) in [5, 5.41) is 5.90. The Hall–Kier alpha value is -1.51. The summed E-state index contributed by atoms with van der Waals surface area (Å²) in [5.41, 5.74) is 0.630. The number of methoxy groups -OCH3 is 2. The van der Waals surface area contributed by atoms with Crippen molar-refractivity contribution in [3.05, 3.63) is 16.6 Å². The van der Waals surface area contributed by atoms with Crippen LogP contribution in [0.15, 0.2) is 16.6 Å². The Morgan fingerprint density at radius 1 is 1.15 bits per heavy atom. The summed E-state index contributed by atoms with van der Waals surface area (Å²) in [5.74, 6) is 1.63. The molecule has 0 radical (unpaired) electrons. The first kappa shape index (κ1) is 21.8. The first-order valence-electron chi connectivity index (χ1n) is 9.24. The molecule has 0 aliphatic carbocycles. The van der Waals surface area contributed by atoms with Crippen LogP contribution in [0.2, 0.25) is 0 Å². The second kappa shape index (κ2) is 10.1. The van der Waals surface area contributed by atoms with Gasteiger partial charge in [-0.05, 0) is 28.9 Å². The maximum atomic E-state index is 12.4. The van der Waals surface area contributed by atoms with Crippen LogP contribution in [0.25, 0.3) is 0 Å². The molecule has 1 aromatic rings. The summed E-state index contributed by atoms with van der Waals surface area (Å²) >= 11 is 3.46. The number of hydrogen-bond acceptors (Lipinski definition) is 5. The number of amides is 2. The van der Waals surface area contributed by atoms with Crippen LogP contribution in [0.5, 0.6) is 11.5 Å². The van der Waals surface area contributed by atoms with E-state index >= 15 is 0 Å². The normalized spacial score (nSPS) is 16.9. The lowest BCUT2D eigenvalue weighted by Crippen LogP contribution is -2.54. The standard InChI is InChI=1S/C19H31BrN4O3/c1-13(2)16(24-8-6-23(3)7-9-24)12-21-19(25)22-15-11-18(27-5)17(26-4)10-14(15)20/h10-11,13,16H,6-9,12H2,1-5H3,(H2,21,22,25). The second-order valence-corrected chi connectivity index (χ2v) is 8.03. The Kier molecular flexibility index (Phi) is 8.19. The molecule has 0 saturated carbocycles. The molecule has 0 bridgehead atoms. The molecule has 1 fully saturated rings. The van der Waals surface area contributed by atoms with Gasteiger partial charge in [-0.1, -0.05) is 13.8 Å². The molecule has 2 amide bonds. The third-order valence-electron chi connectivity index (χ3n) is 4.97. The number of anilines is 1. The molecule has 7 nitrogen and oxygen atoms in total. The Morgan fingerprint density at radius 2 is 1.74 bits per heavy atom. The average Bonchev–Trinajstić information content (AvgIpc) is 2.64. The topological polar surface area (TPSA) is 66.1 Å². The monoisotopic (exact) mass is 442 g/mol. The zero-order valence-electron chi connectivity index (χ0n) is 16.8. The summed E-state index contributed by atoms with van der Waals surface area (Å²) in [6.45, 7) is 9.20. The molecule has 27 heavy (non-hydrogen) atoms. The van der Waals surface area contributed by atoms with E-state index in [-0.39, 0.29) is 6.03 Å². The Labute approximate surface area is 170 Å². The maximum absolute atomic E-state index is 12.4. The molecule has 1 unspecified atom stereocenters. The predicted molar refractivity (Wildman–Crippen MR) is 112 cm³/mol. The third kappa shape index (κ3) is 5.99. The SMILES string of the molecule is COc1cc(Br)c(NC(=O)NCC(C(C)C)N2CCN(C)CC2)cc1OC. The highest BCUT2D eigenvalue weighted by Gasteiger charge is 2.25. The number of piperazine rings is 1. The van der Waals surface area contributed by atoms with Crippen LogP contribution < -0.4 is 20.1 Å². The minimum absolute atomic E-state index is 0.234. The van der Waals surface area contributed by atoms with Crippen molar-refractivity contribution in [2.45, 2.75) is 19.9 Å². The molecule has 8 heteroatoms. The lowest BCUT2D eigenvalue weighted by Gasteiger charge is -2.39. The van der Waals surface area contributed by atoms with Crippen LogP contribution in [0.4, 0.5) is 10.5 Å². The lowest BCUT2D eigenvalue weighted by molar-refractivity contribution is 0.0890. The largest absolute Gasteiger partial charge is 0.493 e. The van der Waals surface area contributed by atoms with Gasteiger partial charge in [-0.25, -0.2) is 4.79 Å². The first-order valence-corrected chi connectivity index (χ1v) is 10.0. The second-order valence-electron chi connectivity index (χ2n) is 7.17. The van der Waals surface area contributed by atoms with Crippen LogP contribution in [-0.4, -0.2) is 75.9 Å². The van der Waals surface area contributed by atoms with E-state index in [1.807, 2.05) is 0 Å². The van der Waals surface area contributed by atoms with Crippen molar-refractivity contribution in [2.24, 2.45) is 5.92 Å². The van der Waals surface area contributed by atoms with Gasteiger partial charge in [-0.2, -0.15) is 0 Å². The number of benzene rings is 1. The fourth-order valence-electron chi connectivity index (χ4n) is 3.25. The Morgan fingerprint density at radius 3 is 2.30 bits per heavy atom. The quantitative estimate of drug-likeness (QED) is 0.679. The van der Waals surface area contributed by atoms with Crippen molar-refractivity contribution < 1.29 is 14.3 Å². The van der Waals surface area contributed by atoms with Crippen molar-refractivity contribution in [3.63, 3.8) is 0 Å². The number of nitrogens with one attached hydrogen (secondary N) is 2. The maximum Gasteiger partial charge on any atom is 0.319 e. The van der Waals surface area contributed by atoms with Crippen molar-refractivity contribution in [2.75, 3.05) is 59.3 Å². The molecule has 1 aliphatic heterocycles. The molecule has 1 heterocycles. The van der Waals surface area contributed by atoms with Crippen molar-refractivity contribution in [1.82, 2.24) is 15.1 Å². The molecule has 1 saturated heterocycles. The molecule has 0 spiro atoms. The molecule has 2 rings (SSSR count). The molecule has 152 valence electrons. The van der Waals surface area contributed by atoms with E-state index in [1.165, 1.54) is 0 Å². The number of ether oxygens (including phenoxy) is 2. The van der Waals surface area contributed by atoms with E-state index in [1.54, 1.807) is 26.4 Å². The number of nitrogens with zero attached hydrogens (tertiary/aromatic N) is 2. The van der Waals surface area contributed by atoms with Crippen molar-refractivity contribution in [3.8, 4) is 11.5 Å². The third-order valence-corrected chi connectivity index (χ3v) is 5.63. The number of halogens is 1. The molecule has 1 aliphatic rings. The highest BCUT2D eigenvalue weighted by atomic mass is 79.9. The smallest absolute Gasteiger partial charge is 0.319 e. The molecule has 1 atom stereocenters. The van der Waals surface area contributed by atoms with Gasteiger partial charge < -0.3 is 25.0 Å².